The second-order valence-electron chi connectivity index (χ2n) is 7.98. The van der Waals surface area contributed by atoms with Crippen molar-refractivity contribution in [2.45, 2.75) is 50.5 Å². The van der Waals surface area contributed by atoms with Gasteiger partial charge in [0.1, 0.15) is 5.78 Å². The van der Waals surface area contributed by atoms with Gasteiger partial charge in [0.25, 0.3) is 0 Å². The molecule has 0 aromatic heterocycles. The zero-order chi connectivity index (χ0) is 19.3. The van der Waals surface area contributed by atoms with E-state index in [0.29, 0.717) is 36.7 Å². The van der Waals surface area contributed by atoms with Crippen LogP contribution in [0.3, 0.4) is 0 Å². The van der Waals surface area contributed by atoms with Crippen molar-refractivity contribution in [3.63, 3.8) is 0 Å². The van der Waals surface area contributed by atoms with Gasteiger partial charge in [0.2, 0.25) is 0 Å². The van der Waals surface area contributed by atoms with Crippen LogP contribution in [-0.4, -0.2) is 29.4 Å². The van der Waals surface area contributed by atoms with E-state index in [1.54, 1.807) is 12.1 Å². The third-order valence-electron chi connectivity index (χ3n) is 6.14. The number of ketones is 1. The van der Waals surface area contributed by atoms with Crippen LogP contribution >= 0.6 is 0 Å². The van der Waals surface area contributed by atoms with E-state index in [-0.39, 0.29) is 17.9 Å². The Morgan fingerprint density at radius 3 is 2.39 bits per heavy atom. The number of hydroxylamine groups is 2. The Morgan fingerprint density at radius 1 is 0.964 bits per heavy atom. The zero-order valence-corrected chi connectivity index (χ0v) is 16.1. The fourth-order valence-corrected chi connectivity index (χ4v) is 4.66. The topological polar surface area (TPSA) is 46.6 Å². The van der Waals surface area contributed by atoms with E-state index in [2.05, 4.69) is 24.3 Å². The molecule has 2 aromatic rings. The largest absolute Gasteiger partial charge is 0.364 e. The van der Waals surface area contributed by atoms with Crippen LogP contribution in [-0.2, 0) is 9.63 Å². The lowest BCUT2D eigenvalue weighted by molar-refractivity contribution is -0.170. The highest BCUT2D eigenvalue weighted by Gasteiger charge is 2.38. The molecule has 28 heavy (non-hydrogen) atoms. The minimum atomic E-state index is -0.314. The van der Waals surface area contributed by atoms with E-state index in [1.165, 1.54) is 5.56 Å². The van der Waals surface area contributed by atoms with Crippen LogP contribution in [0.5, 0.6) is 0 Å². The molecule has 4 rings (SSSR count). The zero-order valence-electron chi connectivity index (χ0n) is 16.1. The standard InChI is InChI=1S/C24H27NO3/c26-22-13-7-12-21(16-22)23-17-20(18-8-3-1-4-9-18)14-15-25(23)28-24(27)19-10-5-2-6-11-19/h1-6,8-11,20-21,23H,7,12-17H2. The van der Waals surface area contributed by atoms with Gasteiger partial charge in [0.15, 0.2) is 0 Å². The van der Waals surface area contributed by atoms with Gasteiger partial charge in [0, 0.05) is 25.4 Å². The van der Waals surface area contributed by atoms with Crippen molar-refractivity contribution >= 4 is 11.8 Å². The number of carbonyl (C=O) groups is 2. The number of hydrogen-bond donors (Lipinski definition) is 0. The maximum Gasteiger partial charge on any atom is 0.357 e. The molecule has 1 saturated carbocycles. The first kappa shape index (κ1) is 18.9. The summed E-state index contributed by atoms with van der Waals surface area (Å²) in [6, 6.07) is 19.8. The van der Waals surface area contributed by atoms with Gasteiger partial charge in [-0.1, -0.05) is 48.5 Å². The van der Waals surface area contributed by atoms with Crippen molar-refractivity contribution in [1.82, 2.24) is 5.06 Å². The predicted octanol–water partition coefficient (Wildman–Crippen LogP) is 4.77. The minimum absolute atomic E-state index is 0.0934. The molecule has 0 amide bonds. The number of Topliss-reactive ketones (excluding diaryl/α,β-unsaturated/α-hetero) is 1. The van der Waals surface area contributed by atoms with Crippen molar-refractivity contribution in [2.75, 3.05) is 6.54 Å². The summed E-state index contributed by atoms with van der Waals surface area (Å²) in [5.74, 6) is 0.726. The lowest BCUT2D eigenvalue weighted by atomic mass is 9.76. The second-order valence-corrected chi connectivity index (χ2v) is 7.98. The van der Waals surface area contributed by atoms with Gasteiger partial charge in [-0.3, -0.25) is 4.79 Å². The fourth-order valence-electron chi connectivity index (χ4n) is 4.66. The molecule has 1 heterocycles. The van der Waals surface area contributed by atoms with Gasteiger partial charge < -0.3 is 4.84 Å². The van der Waals surface area contributed by atoms with Crippen LogP contribution in [0, 0.1) is 5.92 Å². The van der Waals surface area contributed by atoms with E-state index in [4.69, 9.17) is 4.84 Å². The Hall–Kier alpha value is -2.46. The molecule has 0 bridgehead atoms. The average molecular weight is 377 g/mol. The van der Waals surface area contributed by atoms with Crippen LogP contribution < -0.4 is 0 Å². The number of nitrogens with zero attached hydrogens (tertiary/aromatic N) is 1. The lowest BCUT2D eigenvalue weighted by Gasteiger charge is -2.42. The summed E-state index contributed by atoms with van der Waals surface area (Å²) in [5.41, 5.74) is 1.90. The monoisotopic (exact) mass is 377 g/mol. The van der Waals surface area contributed by atoms with Crippen molar-refractivity contribution in [1.29, 1.82) is 0 Å². The minimum Gasteiger partial charge on any atom is -0.364 e. The summed E-state index contributed by atoms with van der Waals surface area (Å²) in [5, 5.41) is 1.87. The maximum absolute atomic E-state index is 12.6. The molecule has 1 aliphatic carbocycles. The average Bonchev–Trinajstić information content (AvgIpc) is 2.75. The van der Waals surface area contributed by atoms with Gasteiger partial charge in [0.05, 0.1) is 5.56 Å². The number of benzene rings is 2. The normalized spacial score (nSPS) is 26.0. The first-order valence-electron chi connectivity index (χ1n) is 10.3. The number of rotatable bonds is 4. The van der Waals surface area contributed by atoms with Gasteiger partial charge in [-0.05, 0) is 55.2 Å². The first-order chi connectivity index (χ1) is 13.7. The molecule has 2 fully saturated rings. The molecule has 3 unspecified atom stereocenters. The van der Waals surface area contributed by atoms with Gasteiger partial charge in [-0.2, -0.15) is 0 Å². The predicted molar refractivity (Wildman–Crippen MR) is 108 cm³/mol. The molecule has 0 radical (unpaired) electrons. The smallest absolute Gasteiger partial charge is 0.357 e. The molecule has 2 aromatic carbocycles. The SMILES string of the molecule is O=C1CCCC(C2CC(c3ccccc3)CCN2OC(=O)c2ccccc2)C1. The highest BCUT2D eigenvalue weighted by molar-refractivity contribution is 5.89. The summed E-state index contributed by atoms with van der Waals surface area (Å²) in [4.78, 5) is 30.6. The van der Waals surface area contributed by atoms with Gasteiger partial charge in [-0.25, -0.2) is 4.79 Å². The van der Waals surface area contributed by atoms with E-state index in [1.807, 2.05) is 29.3 Å². The number of carbonyl (C=O) groups excluding carboxylic acids is 2. The van der Waals surface area contributed by atoms with E-state index < -0.39 is 0 Å². The first-order valence-corrected chi connectivity index (χ1v) is 10.3. The second kappa shape index (κ2) is 8.70. The molecule has 1 saturated heterocycles. The van der Waals surface area contributed by atoms with Crippen LogP contribution in [0.25, 0.3) is 0 Å². The van der Waals surface area contributed by atoms with Crippen molar-refractivity contribution in [3.05, 3.63) is 71.8 Å². The van der Waals surface area contributed by atoms with Crippen molar-refractivity contribution in [3.8, 4) is 0 Å². The van der Waals surface area contributed by atoms with Crippen LogP contribution in [0.1, 0.15) is 60.4 Å². The molecule has 0 spiro atoms. The van der Waals surface area contributed by atoms with Gasteiger partial charge >= 0.3 is 5.97 Å². The summed E-state index contributed by atoms with van der Waals surface area (Å²) < 4.78 is 0. The van der Waals surface area contributed by atoms with Gasteiger partial charge in [-0.15, -0.1) is 5.06 Å². The number of hydrogen-bond acceptors (Lipinski definition) is 4. The molecule has 3 atom stereocenters. The van der Waals surface area contributed by atoms with Crippen LogP contribution in [0.4, 0.5) is 0 Å². The Balaban J connectivity index is 1.52. The molecule has 0 N–H and O–H groups in total. The van der Waals surface area contributed by atoms with Crippen LogP contribution in [0.15, 0.2) is 60.7 Å². The molecular formula is C24H27NO3. The van der Waals surface area contributed by atoms with Crippen LogP contribution in [0.2, 0.25) is 0 Å². The number of piperidine rings is 1. The molecule has 4 nitrogen and oxygen atoms in total. The summed E-state index contributed by atoms with van der Waals surface area (Å²) in [7, 11) is 0. The van der Waals surface area contributed by atoms with Crippen molar-refractivity contribution in [2.24, 2.45) is 5.92 Å². The molecule has 4 heteroatoms. The molecule has 2 aliphatic rings. The lowest BCUT2D eigenvalue weighted by Crippen LogP contribution is -2.48. The van der Waals surface area contributed by atoms with E-state index >= 15 is 0 Å². The highest BCUT2D eigenvalue weighted by atomic mass is 16.7. The Morgan fingerprint density at radius 2 is 1.68 bits per heavy atom. The molecular weight excluding hydrogens is 350 g/mol. The quantitative estimate of drug-likeness (QED) is 0.770. The molecule has 1 aliphatic heterocycles. The summed E-state index contributed by atoms with van der Waals surface area (Å²) in [6.07, 6.45) is 5.13. The Labute approximate surface area is 166 Å². The third-order valence-corrected chi connectivity index (χ3v) is 6.14. The third kappa shape index (κ3) is 4.33. The Bertz CT molecular complexity index is 805. The van der Waals surface area contributed by atoms with Crippen molar-refractivity contribution < 1.29 is 14.4 Å². The highest BCUT2D eigenvalue weighted by Crippen LogP contribution is 2.38. The molecule has 146 valence electrons. The van der Waals surface area contributed by atoms with E-state index in [9.17, 15) is 9.59 Å². The summed E-state index contributed by atoms with van der Waals surface area (Å²) in [6.45, 7) is 0.702. The van der Waals surface area contributed by atoms with E-state index in [0.717, 1.165) is 25.7 Å². The fraction of sp³-hybridized carbons (Fsp3) is 0.417. The summed E-state index contributed by atoms with van der Waals surface area (Å²) >= 11 is 0. The Kier molecular flexibility index (Phi) is 5.87. The maximum atomic E-state index is 12.6.